The summed E-state index contributed by atoms with van der Waals surface area (Å²) in [6.07, 6.45) is 8.68. The van der Waals surface area contributed by atoms with Gasteiger partial charge in [-0.3, -0.25) is 0 Å². The van der Waals surface area contributed by atoms with E-state index in [2.05, 4.69) is 206 Å². The highest BCUT2D eigenvalue weighted by atomic mass is 79.9. The lowest BCUT2D eigenvalue weighted by Crippen LogP contribution is -2.05. The van der Waals surface area contributed by atoms with E-state index in [1.54, 1.807) is 0 Å². The zero-order valence-electron chi connectivity index (χ0n) is 25.2. The van der Waals surface area contributed by atoms with Crippen LogP contribution in [0.15, 0.2) is 140 Å². The number of aromatic amines is 4. The summed E-state index contributed by atoms with van der Waals surface area (Å²) in [5.41, 5.74) is 11.9. The predicted molar refractivity (Wildman–Crippen MR) is 212 cm³/mol. The monoisotopic (exact) mass is 878 g/mol. The SMILES string of the molecule is Brc1ccc2[nH]cc(C(c3ccc(C(c4c[nH]c5ccc(Br)cc45)c4c[nH]c5ccc(Br)cc45)cc3)c3c[nH]c4ccc(Br)cc34)c2c1. The number of halogens is 4. The van der Waals surface area contributed by atoms with E-state index >= 15 is 0 Å². The molecule has 48 heavy (non-hydrogen) atoms. The third-order valence-corrected chi connectivity index (χ3v) is 11.5. The number of aromatic nitrogens is 4. The molecule has 4 heterocycles. The van der Waals surface area contributed by atoms with Crippen molar-refractivity contribution in [3.63, 3.8) is 0 Å². The lowest BCUT2D eigenvalue weighted by Gasteiger charge is -2.21. The van der Waals surface area contributed by atoms with Crippen LogP contribution in [0.3, 0.4) is 0 Å². The Morgan fingerprint density at radius 1 is 0.333 bits per heavy atom. The normalized spacial score (nSPS) is 12.1. The zero-order valence-corrected chi connectivity index (χ0v) is 31.6. The standard InChI is InChI=1S/C40H26Br4N4/c41-23-5-9-35-27(13-23)31(17-45-35)39(32-18-46-36-10-6-24(42)14-28(32)36)21-1-2-22(4-3-21)40(33-19-47-37-11-7-25(43)15-29(33)37)34-20-48-38-12-8-26(44)16-30(34)38/h1-20,39-40,45-48H. The molecule has 0 saturated heterocycles. The van der Waals surface area contributed by atoms with Gasteiger partial charge >= 0.3 is 0 Å². The highest BCUT2D eigenvalue weighted by molar-refractivity contribution is 9.11. The number of rotatable bonds is 6. The first-order valence-corrected chi connectivity index (χ1v) is 18.7. The molecule has 0 bridgehead atoms. The highest BCUT2D eigenvalue weighted by Gasteiger charge is 2.27. The molecule has 0 unspecified atom stereocenters. The van der Waals surface area contributed by atoms with E-state index in [1.807, 2.05) is 0 Å². The molecule has 8 heteroatoms. The van der Waals surface area contributed by atoms with Gasteiger partial charge in [-0.15, -0.1) is 0 Å². The molecule has 0 fully saturated rings. The van der Waals surface area contributed by atoms with Crippen LogP contribution in [0.1, 0.15) is 45.2 Å². The molecule has 0 atom stereocenters. The second kappa shape index (κ2) is 11.9. The fraction of sp³-hybridized carbons (Fsp3) is 0.0500. The van der Waals surface area contributed by atoms with Gasteiger partial charge in [0.25, 0.3) is 0 Å². The van der Waals surface area contributed by atoms with Gasteiger partial charge in [-0.2, -0.15) is 0 Å². The Kier molecular flexibility index (Phi) is 7.53. The van der Waals surface area contributed by atoms with Gasteiger partial charge in [-0.25, -0.2) is 0 Å². The van der Waals surface area contributed by atoms with Gasteiger partial charge in [0.1, 0.15) is 0 Å². The van der Waals surface area contributed by atoms with Crippen molar-refractivity contribution in [1.29, 1.82) is 0 Å². The van der Waals surface area contributed by atoms with Crippen LogP contribution >= 0.6 is 63.7 Å². The van der Waals surface area contributed by atoms with Gasteiger partial charge in [0, 0.05) is 98.1 Å². The number of hydrogen-bond acceptors (Lipinski definition) is 0. The van der Waals surface area contributed by atoms with Crippen LogP contribution in [0, 0.1) is 0 Å². The smallest absolute Gasteiger partial charge is 0.0457 e. The summed E-state index contributed by atoms with van der Waals surface area (Å²) in [7, 11) is 0. The van der Waals surface area contributed by atoms with E-state index in [9.17, 15) is 0 Å². The van der Waals surface area contributed by atoms with Crippen LogP contribution in [0.4, 0.5) is 0 Å². The summed E-state index contributed by atoms with van der Waals surface area (Å²) in [4.78, 5) is 14.2. The third-order valence-electron chi connectivity index (χ3n) is 9.55. The van der Waals surface area contributed by atoms with E-state index in [-0.39, 0.29) is 11.8 Å². The minimum absolute atomic E-state index is 0.00307. The van der Waals surface area contributed by atoms with Crippen LogP contribution in [-0.4, -0.2) is 19.9 Å². The van der Waals surface area contributed by atoms with E-state index in [1.165, 1.54) is 54.9 Å². The van der Waals surface area contributed by atoms with Gasteiger partial charge in [-0.05, 0) is 106 Å². The summed E-state index contributed by atoms with van der Waals surface area (Å²) in [5.74, 6) is -0.00613. The van der Waals surface area contributed by atoms with Crippen molar-refractivity contribution >= 4 is 107 Å². The first kappa shape index (κ1) is 30.3. The first-order valence-electron chi connectivity index (χ1n) is 15.6. The van der Waals surface area contributed by atoms with Crippen molar-refractivity contribution < 1.29 is 0 Å². The predicted octanol–water partition coefficient (Wildman–Crippen LogP) is 13.0. The van der Waals surface area contributed by atoms with Crippen molar-refractivity contribution in [1.82, 2.24) is 19.9 Å². The third kappa shape index (κ3) is 5.12. The van der Waals surface area contributed by atoms with Crippen LogP contribution < -0.4 is 0 Å². The molecule has 0 aliphatic carbocycles. The Balaban J connectivity index is 1.24. The van der Waals surface area contributed by atoms with Crippen LogP contribution in [0.5, 0.6) is 0 Å². The Bertz CT molecular complexity index is 2300. The van der Waals surface area contributed by atoms with Crippen molar-refractivity contribution in [2.24, 2.45) is 0 Å². The number of nitrogens with one attached hydrogen (secondary N) is 4. The average molecular weight is 882 g/mol. The van der Waals surface area contributed by atoms with Gasteiger partial charge in [0.2, 0.25) is 0 Å². The van der Waals surface area contributed by atoms with E-state index in [0.717, 1.165) is 40.0 Å². The minimum atomic E-state index is -0.00307. The minimum Gasteiger partial charge on any atom is -0.361 e. The molecule has 0 saturated carbocycles. The average Bonchev–Trinajstić information content (AvgIpc) is 3.89. The van der Waals surface area contributed by atoms with Crippen molar-refractivity contribution in [3.05, 3.63) is 173 Å². The second-order valence-corrected chi connectivity index (χ2v) is 15.9. The molecular formula is C40H26Br4N4. The number of hydrogen-bond donors (Lipinski definition) is 4. The molecule has 0 spiro atoms. The largest absolute Gasteiger partial charge is 0.361 e. The molecule has 0 aliphatic rings. The number of fused-ring (bicyclic) bond motifs is 4. The molecule has 9 rings (SSSR count). The quantitative estimate of drug-likeness (QED) is 0.129. The number of H-pyrrole nitrogens is 4. The van der Waals surface area contributed by atoms with Gasteiger partial charge in [0.15, 0.2) is 0 Å². The summed E-state index contributed by atoms with van der Waals surface area (Å²) < 4.78 is 4.24. The van der Waals surface area contributed by atoms with Crippen molar-refractivity contribution in [3.8, 4) is 0 Å². The van der Waals surface area contributed by atoms with Crippen molar-refractivity contribution in [2.45, 2.75) is 11.8 Å². The van der Waals surface area contributed by atoms with Crippen LogP contribution in [0.2, 0.25) is 0 Å². The Morgan fingerprint density at radius 2 is 0.583 bits per heavy atom. The molecule has 234 valence electrons. The van der Waals surface area contributed by atoms with Crippen LogP contribution in [-0.2, 0) is 0 Å². The first-order chi connectivity index (χ1) is 23.4. The fourth-order valence-corrected chi connectivity index (χ4v) is 8.79. The van der Waals surface area contributed by atoms with Gasteiger partial charge in [0.05, 0.1) is 0 Å². The summed E-state index contributed by atoms with van der Waals surface area (Å²) in [5, 5.41) is 4.81. The zero-order chi connectivity index (χ0) is 32.5. The van der Waals surface area contributed by atoms with Crippen LogP contribution in [0.25, 0.3) is 43.6 Å². The lowest BCUT2D eigenvalue weighted by atomic mass is 9.81. The fourth-order valence-electron chi connectivity index (χ4n) is 7.35. The Morgan fingerprint density at radius 3 is 0.833 bits per heavy atom. The summed E-state index contributed by atoms with van der Waals surface area (Å²) in [6, 6.07) is 35.0. The highest BCUT2D eigenvalue weighted by Crippen LogP contribution is 2.44. The molecule has 4 nitrogen and oxygen atoms in total. The topological polar surface area (TPSA) is 63.2 Å². The molecule has 4 aromatic heterocycles. The molecular weight excluding hydrogens is 856 g/mol. The Hall–Kier alpha value is -3.82. The van der Waals surface area contributed by atoms with Gasteiger partial charge in [-0.1, -0.05) is 88.0 Å². The summed E-state index contributed by atoms with van der Waals surface area (Å²) in [6.45, 7) is 0. The molecule has 0 radical (unpaired) electrons. The van der Waals surface area contributed by atoms with Crippen molar-refractivity contribution in [2.75, 3.05) is 0 Å². The molecule has 4 N–H and O–H groups in total. The van der Waals surface area contributed by atoms with Gasteiger partial charge < -0.3 is 19.9 Å². The molecule has 9 aromatic rings. The second-order valence-electron chi connectivity index (χ2n) is 12.3. The summed E-state index contributed by atoms with van der Waals surface area (Å²) >= 11 is 14.9. The van der Waals surface area contributed by atoms with E-state index < -0.39 is 0 Å². The van der Waals surface area contributed by atoms with E-state index in [4.69, 9.17) is 0 Å². The molecule has 0 amide bonds. The number of benzene rings is 5. The maximum Gasteiger partial charge on any atom is 0.0457 e. The maximum atomic E-state index is 3.72. The molecule has 0 aliphatic heterocycles. The lowest BCUT2D eigenvalue weighted by molar-refractivity contribution is 0.970. The Labute approximate surface area is 309 Å². The van der Waals surface area contributed by atoms with E-state index in [0.29, 0.717) is 0 Å². The molecule has 5 aromatic carbocycles. The maximum absolute atomic E-state index is 3.72.